The summed E-state index contributed by atoms with van der Waals surface area (Å²) in [6, 6.07) is 4.84. The Balaban J connectivity index is 2.22. The van der Waals surface area contributed by atoms with Crippen molar-refractivity contribution in [1.29, 1.82) is 0 Å². The Morgan fingerprint density at radius 3 is 2.45 bits per heavy atom. The average Bonchev–Trinajstić information content (AvgIpc) is 2.43. The van der Waals surface area contributed by atoms with Crippen LogP contribution in [0.4, 0.5) is 13.2 Å². The first-order chi connectivity index (χ1) is 9.34. The second kappa shape index (κ2) is 5.49. The number of hydrogen-bond acceptors (Lipinski definition) is 4. The highest BCUT2D eigenvalue weighted by Crippen LogP contribution is 2.34. The monoisotopic (exact) mass is 291 g/mol. The number of fused-ring (bicyclic) bond motifs is 1. The van der Waals surface area contributed by atoms with Crippen molar-refractivity contribution in [2.24, 2.45) is 0 Å². The van der Waals surface area contributed by atoms with Crippen molar-refractivity contribution in [3.05, 3.63) is 23.8 Å². The lowest BCUT2D eigenvalue weighted by Gasteiger charge is -2.31. The zero-order chi connectivity index (χ0) is 14.8. The first-order valence-electron chi connectivity index (χ1n) is 6.17. The molecule has 1 aromatic carbocycles. The summed E-state index contributed by atoms with van der Waals surface area (Å²) in [6.45, 7) is 0.684. The first kappa shape index (κ1) is 14.9. The quantitative estimate of drug-likeness (QED) is 0.888. The molecule has 2 N–H and O–H groups in total. The highest BCUT2D eigenvalue weighted by atomic mass is 19.4. The van der Waals surface area contributed by atoms with Gasteiger partial charge in [-0.25, -0.2) is 0 Å². The van der Waals surface area contributed by atoms with Crippen LogP contribution in [0.2, 0.25) is 0 Å². The van der Waals surface area contributed by atoms with Crippen LogP contribution in [0.5, 0.6) is 11.5 Å². The van der Waals surface area contributed by atoms with Crippen LogP contribution in [0.25, 0.3) is 0 Å². The zero-order valence-electron chi connectivity index (χ0n) is 11.0. The standard InChI is InChI=1S/C13H16F3NO3/c1-12(8-18,17-7-13(14,15)16)9-2-3-10-11(6-9)20-5-4-19-10/h2-3,6,17-18H,4-5,7-8H2,1H3. The lowest BCUT2D eigenvalue weighted by atomic mass is 9.92. The first-order valence-corrected chi connectivity index (χ1v) is 6.17. The van der Waals surface area contributed by atoms with Gasteiger partial charge in [-0.05, 0) is 24.6 Å². The fraction of sp³-hybridized carbons (Fsp3) is 0.538. The summed E-state index contributed by atoms with van der Waals surface area (Å²) in [6.07, 6.45) is -4.34. The van der Waals surface area contributed by atoms with E-state index in [9.17, 15) is 18.3 Å². The number of nitrogens with one attached hydrogen (secondary N) is 1. The van der Waals surface area contributed by atoms with Crippen molar-refractivity contribution >= 4 is 0 Å². The lowest BCUT2D eigenvalue weighted by molar-refractivity contribution is -0.129. The van der Waals surface area contributed by atoms with Crippen LogP contribution in [0, 0.1) is 0 Å². The molecule has 1 aliphatic heterocycles. The molecule has 2 rings (SSSR count). The normalized spacial score (nSPS) is 17.6. The third-order valence-corrected chi connectivity index (χ3v) is 3.17. The average molecular weight is 291 g/mol. The molecule has 7 heteroatoms. The van der Waals surface area contributed by atoms with E-state index in [1.165, 1.54) is 6.92 Å². The Kier molecular flexibility index (Phi) is 4.10. The van der Waals surface area contributed by atoms with Crippen LogP contribution in [-0.2, 0) is 5.54 Å². The van der Waals surface area contributed by atoms with Gasteiger partial charge in [-0.3, -0.25) is 5.32 Å². The number of aliphatic hydroxyl groups excluding tert-OH is 1. The maximum absolute atomic E-state index is 12.3. The summed E-state index contributed by atoms with van der Waals surface area (Å²) in [5.41, 5.74) is -0.695. The molecular formula is C13H16F3NO3. The zero-order valence-corrected chi connectivity index (χ0v) is 11.0. The van der Waals surface area contributed by atoms with E-state index in [-0.39, 0.29) is 0 Å². The van der Waals surface area contributed by atoms with Crippen molar-refractivity contribution in [3.63, 3.8) is 0 Å². The second-order valence-corrected chi connectivity index (χ2v) is 4.82. The van der Waals surface area contributed by atoms with Gasteiger partial charge in [0, 0.05) is 0 Å². The summed E-state index contributed by atoms with van der Waals surface area (Å²) < 4.78 is 47.7. The summed E-state index contributed by atoms with van der Waals surface area (Å²) >= 11 is 0. The third kappa shape index (κ3) is 3.34. The number of hydrogen-bond donors (Lipinski definition) is 2. The Bertz CT molecular complexity index is 478. The largest absolute Gasteiger partial charge is 0.486 e. The van der Waals surface area contributed by atoms with E-state index in [2.05, 4.69) is 5.32 Å². The summed E-state index contributed by atoms with van der Waals surface area (Å²) in [4.78, 5) is 0. The van der Waals surface area contributed by atoms with Gasteiger partial charge in [-0.15, -0.1) is 0 Å². The molecule has 4 nitrogen and oxygen atoms in total. The molecule has 1 unspecified atom stereocenters. The van der Waals surface area contributed by atoms with E-state index < -0.39 is 24.9 Å². The van der Waals surface area contributed by atoms with Crippen LogP contribution in [0.1, 0.15) is 12.5 Å². The minimum Gasteiger partial charge on any atom is -0.486 e. The lowest BCUT2D eigenvalue weighted by Crippen LogP contribution is -2.47. The number of alkyl halides is 3. The van der Waals surface area contributed by atoms with Crippen molar-refractivity contribution in [1.82, 2.24) is 5.32 Å². The van der Waals surface area contributed by atoms with E-state index in [1.807, 2.05) is 0 Å². The van der Waals surface area contributed by atoms with E-state index >= 15 is 0 Å². The van der Waals surface area contributed by atoms with Crippen LogP contribution in [0.3, 0.4) is 0 Å². The fourth-order valence-electron chi connectivity index (χ4n) is 1.93. The molecule has 0 saturated heterocycles. The van der Waals surface area contributed by atoms with Crippen molar-refractivity contribution < 1.29 is 27.8 Å². The molecule has 1 aromatic rings. The van der Waals surface area contributed by atoms with Gasteiger partial charge in [0.2, 0.25) is 0 Å². The van der Waals surface area contributed by atoms with Gasteiger partial charge in [0.05, 0.1) is 18.7 Å². The molecule has 1 aliphatic rings. The smallest absolute Gasteiger partial charge is 0.401 e. The maximum atomic E-state index is 12.3. The molecule has 0 spiro atoms. The van der Waals surface area contributed by atoms with Gasteiger partial charge in [0.15, 0.2) is 11.5 Å². The number of aliphatic hydroxyl groups is 1. The Hall–Kier alpha value is -1.47. The topological polar surface area (TPSA) is 50.7 Å². The molecule has 1 atom stereocenters. The third-order valence-electron chi connectivity index (χ3n) is 3.17. The van der Waals surface area contributed by atoms with Crippen molar-refractivity contribution in [2.75, 3.05) is 26.4 Å². The maximum Gasteiger partial charge on any atom is 0.401 e. The van der Waals surface area contributed by atoms with E-state index in [1.54, 1.807) is 18.2 Å². The molecule has 0 aliphatic carbocycles. The minimum atomic E-state index is -4.34. The SMILES string of the molecule is CC(CO)(NCC(F)(F)F)c1ccc2c(c1)OCCO2. The molecule has 0 amide bonds. The predicted molar refractivity (Wildman–Crippen MR) is 65.9 cm³/mol. The number of ether oxygens (including phenoxy) is 2. The van der Waals surface area contributed by atoms with Gasteiger partial charge in [0.25, 0.3) is 0 Å². The Morgan fingerprint density at radius 1 is 1.20 bits per heavy atom. The fourth-order valence-corrected chi connectivity index (χ4v) is 1.93. The molecular weight excluding hydrogens is 275 g/mol. The molecule has 0 bridgehead atoms. The molecule has 0 saturated carbocycles. The predicted octanol–water partition coefficient (Wildman–Crippen LogP) is 1.82. The van der Waals surface area contributed by atoms with Crippen LogP contribution in [-0.4, -0.2) is 37.6 Å². The van der Waals surface area contributed by atoms with E-state index in [0.717, 1.165) is 0 Å². The molecule has 20 heavy (non-hydrogen) atoms. The van der Waals surface area contributed by atoms with Gasteiger partial charge in [0.1, 0.15) is 13.2 Å². The second-order valence-electron chi connectivity index (χ2n) is 4.82. The minimum absolute atomic E-state index is 0.391. The highest BCUT2D eigenvalue weighted by Gasteiger charge is 2.34. The van der Waals surface area contributed by atoms with Gasteiger partial charge in [-0.1, -0.05) is 6.07 Å². The van der Waals surface area contributed by atoms with E-state index in [0.29, 0.717) is 30.3 Å². The molecule has 0 fully saturated rings. The summed E-state index contributed by atoms with van der Waals surface area (Å²) in [5.74, 6) is 1.03. The van der Waals surface area contributed by atoms with Crippen LogP contribution >= 0.6 is 0 Å². The molecule has 112 valence electrons. The Labute approximate surface area is 114 Å². The molecule has 1 heterocycles. The Morgan fingerprint density at radius 2 is 1.85 bits per heavy atom. The summed E-state index contributed by atoms with van der Waals surface area (Å²) in [5, 5.41) is 11.8. The molecule has 0 radical (unpaired) electrons. The van der Waals surface area contributed by atoms with Crippen molar-refractivity contribution in [3.8, 4) is 11.5 Å². The van der Waals surface area contributed by atoms with Gasteiger partial charge >= 0.3 is 6.18 Å². The number of benzene rings is 1. The summed E-state index contributed by atoms with van der Waals surface area (Å²) in [7, 11) is 0. The highest BCUT2D eigenvalue weighted by molar-refractivity contribution is 5.45. The van der Waals surface area contributed by atoms with Crippen LogP contribution < -0.4 is 14.8 Å². The van der Waals surface area contributed by atoms with E-state index in [4.69, 9.17) is 9.47 Å². The number of rotatable bonds is 4. The number of halogens is 3. The van der Waals surface area contributed by atoms with Gasteiger partial charge in [-0.2, -0.15) is 13.2 Å². The molecule has 0 aromatic heterocycles. The van der Waals surface area contributed by atoms with Gasteiger partial charge < -0.3 is 14.6 Å². The van der Waals surface area contributed by atoms with Crippen LogP contribution in [0.15, 0.2) is 18.2 Å². The van der Waals surface area contributed by atoms with Crippen molar-refractivity contribution in [2.45, 2.75) is 18.6 Å².